The van der Waals surface area contributed by atoms with E-state index in [1.54, 1.807) is 17.0 Å². The zero-order valence-corrected chi connectivity index (χ0v) is 19.1. The molecule has 2 amide bonds. The Balaban J connectivity index is 1.48. The van der Waals surface area contributed by atoms with Gasteiger partial charge in [0.05, 0.1) is 0 Å². The lowest BCUT2D eigenvalue weighted by Crippen LogP contribution is -2.51. The van der Waals surface area contributed by atoms with Crippen molar-refractivity contribution in [2.24, 2.45) is 11.7 Å². The molecule has 0 saturated heterocycles. The maximum absolute atomic E-state index is 13.8. The van der Waals surface area contributed by atoms with Crippen LogP contribution in [0.2, 0.25) is 0 Å². The Morgan fingerprint density at radius 2 is 1.64 bits per heavy atom. The molecule has 2 aromatic rings. The maximum atomic E-state index is 13.8. The smallest absolute Gasteiger partial charge is 0.254 e. The summed E-state index contributed by atoms with van der Waals surface area (Å²) in [5.74, 6) is -0.428. The van der Waals surface area contributed by atoms with Crippen molar-refractivity contribution in [3.05, 3.63) is 65.5 Å². The molecule has 33 heavy (non-hydrogen) atoms. The van der Waals surface area contributed by atoms with Crippen LogP contribution in [0.5, 0.6) is 0 Å². The highest BCUT2D eigenvalue weighted by Gasteiger charge is 2.31. The number of benzene rings is 2. The molecule has 2 atom stereocenters. The molecule has 0 radical (unpaired) electrons. The molecule has 5 nitrogen and oxygen atoms in total. The molecule has 2 aliphatic carbocycles. The van der Waals surface area contributed by atoms with Gasteiger partial charge in [0.25, 0.3) is 5.91 Å². The summed E-state index contributed by atoms with van der Waals surface area (Å²) in [5, 5.41) is 3.04. The lowest BCUT2D eigenvalue weighted by Gasteiger charge is -2.38. The third kappa shape index (κ3) is 5.99. The first-order valence-corrected chi connectivity index (χ1v) is 12.2. The highest BCUT2D eigenvalue weighted by Crippen LogP contribution is 2.27. The number of anilines is 1. The quantitative estimate of drug-likeness (QED) is 0.629. The molecular formula is C27H34FN3O2. The summed E-state index contributed by atoms with van der Waals surface area (Å²) in [6.45, 7) is 0.393. The van der Waals surface area contributed by atoms with Crippen molar-refractivity contribution >= 4 is 17.5 Å². The summed E-state index contributed by atoms with van der Waals surface area (Å²) in [6, 6.07) is 13.3. The highest BCUT2D eigenvalue weighted by atomic mass is 19.1. The second-order valence-corrected chi connectivity index (χ2v) is 9.48. The number of halogens is 1. The monoisotopic (exact) mass is 451 g/mol. The molecule has 2 aromatic carbocycles. The normalized spacial score (nSPS) is 21.4. The van der Waals surface area contributed by atoms with Crippen LogP contribution in [0.25, 0.3) is 0 Å². The minimum Gasteiger partial charge on any atom is -0.330 e. The van der Waals surface area contributed by atoms with Gasteiger partial charge in [-0.25, -0.2) is 4.39 Å². The van der Waals surface area contributed by atoms with Crippen molar-refractivity contribution in [2.75, 3.05) is 5.32 Å². The summed E-state index contributed by atoms with van der Waals surface area (Å²) in [5.41, 5.74) is 8.47. The van der Waals surface area contributed by atoms with Crippen molar-refractivity contribution in [3.8, 4) is 0 Å². The van der Waals surface area contributed by atoms with Crippen LogP contribution in [0, 0.1) is 11.7 Å². The topological polar surface area (TPSA) is 75.4 Å². The van der Waals surface area contributed by atoms with Crippen molar-refractivity contribution in [1.29, 1.82) is 0 Å². The molecule has 6 heteroatoms. The van der Waals surface area contributed by atoms with Gasteiger partial charge < -0.3 is 16.0 Å². The average molecular weight is 452 g/mol. The van der Waals surface area contributed by atoms with Gasteiger partial charge in [-0.15, -0.1) is 0 Å². The van der Waals surface area contributed by atoms with E-state index in [-0.39, 0.29) is 29.8 Å². The summed E-state index contributed by atoms with van der Waals surface area (Å²) in [4.78, 5) is 27.7. The molecule has 0 bridgehead atoms. The van der Waals surface area contributed by atoms with E-state index >= 15 is 0 Å². The third-order valence-electron chi connectivity index (χ3n) is 7.06. The van der Waals surface area contributed by atoms with Crippen LogP contribution in [0.15, 0.2) is 48.5 Å². The van der Waals surface area contributed by atoms with E-state index in [9.17, 15) is 14.0 Å². The molecule has 176 valence electrons. The molecule has 0 heterocycles. The Morgan fingerprint density at radius 1 is 0.939 bits per heavy atom. The van der Waals surface area contributed by atoms with Crippen LogP contribution in [-0.2, 0) is 11.3 Å². The second-order valence-electron chi connectivity index (χ2n) is 9.48. The number of carbonyl (C=O) groups excluding carboxylic acids is 2. The van der Waals surface area contributed by atoms with Crippen molar-refractivity contribution in [1.82, 2.24) is 4.90 Å². The number of amides is 2. The Kier molecular flexibility index (Phi) is 7.76. The van der Waals surface area contributed by atoms with Crippen molar-refractivity contribution < 1.29 is 14.0 Å². The Bertz CT molecular complexity index is 956. The van der Waals surface area contributed by atoms with Gasteiger partial charge in [0.2, 0.25) is 5.91 Å². The van der Waals surface area contributed by atoms with Gasteiger partial charge in [0.1, 0.15) is 5.82 Å². The fourth-order valence-corrected chi connectivity index (χ4v) is 5.15. The summed E-state index contributed by atoms with van der Waals surface area (Å²) in [6.07, 6.45) is 9.19. The largest absolute Gasteiger partial charge is 0.330 e. The van der Waals surface area contributed by atoms with Gasteiger partial charge in [0, 0.05) is 35.8 Å². The minimum absolute atomic E-state index is 0.0831. The van der Waals surface area contributed by atoms with Crippen LogP contribution < -0.4 is 11.1 Å². The van der Waals surface area contributed by atoms with Crippen LogP contribution in [0.4, 0.5) is 10.1 Å². The summed E-state index contributed by atoms with van der Waals surface area (Å²) in [7, 11) is 0. The average Bonchev–Trinajstić information content (AvgIpc) is 2.84. The number of hydrogen-bond acceptors (Lipinski definition) is 3. The molecule has 2 aliphatic rings. The van der Waals surface area contributed by atoms with Crippen molar-refractivity contribution in [2.45, 2.75) is 76.4 Å². The Hall–Kier alpha value is -2.73. The zero-order valence-electron chi connectivity index (χ0n) is 19.1. The lowest BCUT2D eigenvalue weighted by atomic mass is 9.88. The van der Waals surface area contributed by atoms with Gasteiger partial charge in [-0.05, 0) is 61.6 Å². The lowest BCUT2D eigenvalue weighted by molar-refractivity contribution is -0.120. The Labute approximate surface area is 195 Å². The van der Waals surface area contributed by atoms with E-state index in [2.05, 4.69) is 5.32 Å². The van der Waals surface area contributed by atoms with Crippen LogP contribution in [-0.4, -0.2) is 28.8 Å². The summed E-state index contributed by atoms with van der Waals surface area (Å²) >= 11 is 0. The van der Waals surface area contributed by atoms with Crippen LogP contribution in [0.1, 0.15) is 73.7 Å². The predicted molar refractivity (Wildman–Crippen MR) is 128 cm³/mol. The number of nitrogens with two attached hydrogens (primary N) is 1. The number of hydrogen-bond donors (Lipinski definition) is 2. The van der Waals surface area contributed by atoms with E-state index in [1.165, 1.54) is 18.6 Å². The van der Waals surface area contributed by atoms with E-state index in [4.69, 9.17) is 5.73 Å². The van der Waals surface area contributed by atoms with E-state index < -0.39 is 5.82 Å². The van der Waals surface area contributed by atoms with Crippen molar-refractivity contribution in [3.63, 3.8) is 0 Å². The molecule has 2 fully saturated rings. The molecule has 0 aliphatic heterocycles. The standard InChI is InChI=1S/C27H34FN3O2/c28-22-10-6-9-21(17-22)27(33)31(25-12-5-4-11-24(25)29)18-19-13-15-23(16-14-19)30-26(32)20-7-2-1-3-8-20/h6,9-10,13-17,20,24-25H,1-5,7-8,11-12,18,29H2,(H,30,32). The molecule has 0 aromatic heterocycles. The first-order chi connectivity index (χ1) is 16.0. The molecule has 0 spiro atoms. The molecule has 3 N–H and O–H groups in total. The maximum Gasteiger partial charge on any atom is 0.254 e. The van der Waals surface area contributed by atoms with Crippen LogP contribution in [0.3, 0.4) is 0 Å². The number of carbonyl (C=O) groups is 2. The molecule has 2 saturated carbocycles. The molecule has 2 unspecified atom stereocenters. The van der Waals surface area contributed by atoms with Gasteiger partial charge in [-0.2, -0.15) is 0 Å². The Morgan fingerprint density at radius 3 is 2.33 bits per heavy atom. The molecule has 4 rings (SSSR count). The second kappa shape index (κ2) is 10.9. The highest BCUT2D eigenvalue weighted by molar-refractivity contribution is 5.94. The fraction of sp³-hybridized carbons (Fsp3) is 0.481. The number of nitrogens with zero attached hydrogens (tertiary/aromatic N) is 1. The first kappa shape index (κ1) is 23.4. The SMILES string of the molecule is NC1CCCCC1N(Cc1ccc(NC(=O)C2CCCCC2)cc1)C(=O)c1cccc(F)c1. The van der Waals surface area contributed by atoms with Gasteiger partial charge in [0.15, 0.2) is 0 Å². The minimum atomic E-state index is -0.424. The van der Waals surface area contributed by atoms with E-state index in [0.29, 0.717) is 12.1 Å². The van der Waals surface area contributed by atoms with Gasteiger partial charge >= 0.3 is 0 Å². The van der Waals surface area contributed by atoms with E-state index in [1.807, 2.05) is 24.3 Å². The molecular weight excluding hydrogens is 417 g/mol. The summed E-state index contributed by atoms with van der Waals surface area (Å²) < 4.78 is 13.8. The first-order valence-electron chi connectivity index (χ1n) is 12.2. The van der Waals surface area contributed by atoms with E-state index in [0.717, 1.165) is 62.6 Å². The van der Waals surface area contributed by atoms with Gasteiger partial charge in [-0.1, -0.05) is 50.3 Å². The predicted octanol–water partition coefficient (Wildman–Crippen LogP) is 5.26. The number of nitrogens with one attached hydrogen (secondary N) is 1. The van der Waals surface area contributed by atoms with Crippen LogP contribution >= 0.6 is 0 Å². The third-order valence-corrected chi connectivity index (χ3v) is 7.06. The zero-order chi connectivity index (χ0) is 23.2. The fourth-order valence-electron chi connectivity index (χ4n) is 5.15. The number of rotatable bonds is 6. The van der Waals surface area contributed by atoms with Gasteiger partial charge in [-0.3, -0.25) is 9.59 Å².